The molecule has 3 N–H and O–H groups in total. The second kappa shape index (κ2) is 6.11. The van der Waals surface area contributed by atoms with E-state index >= 15 is 0 Å². The van der Waals surface area contributed by atoms with Crippen LogP contribution in [0.3, 0.4) is 0 Å². The first-order valence-corrected chi connectivity index (χ1v) is 6.54. The topological polar surface area (TPSA) is 56.5 Å². The number of ether oxygens (including phenoxy) is 2. The average molecular weight is 313 g/mol. The lowest BCUT2D eigenvalue weighted by Crippen LogP contribution is -1.98. The Balaban J connectivity index is 2.44. The molecular weight excluding hydrogens is 299 g/mol. The van der Waals surface area contributed by atoms with Gasteiger partial charge in [0.1, 0.15) is 11.5 Å². The summed E-state index contributed by atoms with van der Waals surface area (Å²) in [5, 5.41) is 4.00. The van der Waals surface area contributed by atoms with Gasteiger partial charge in [0.15, 0.2) is 0 Å². The molecule has 6 heteroatoms. The summed E-state index contributed by atoms with van der Waals surface area (Å²) in [7, 11) is 3.17. The molecular formula is C14H14Cl2N2O2. The van der Waals surface area contributed by atoms with Crippen molar-refractivity contribution in [3.8, 4) is 11.5 Å². The van der Waals surface area contributed by atoms with E-state index in [1.54, 1.807) is 44.6 Å². The monoisotopic (exact) mass is 312 g/mol. The highest BCUT2D eigenvalue weighted by molar-refractivity contribution is 6.39. The maximum absolute atomic E-state index is 6.15. The Labute approximate surface area is 127 Å². The number of halogens is 2. The molecule has 0 saturated heterocycles. The Morgan fingerprint density at radius 2 is 1.65 bits per heavy atom. The molecule has 106 valence electrons. The van der Waals surface area contributed by atoms with Crippen LogP contribution in [0.5, 0.6) is 11.5 Å². The van der Waals surface area contributed by atoms with Gasteiger partial charge in [-0.15, -0.1) is 0 Å². The van der Waals surface area contributed by atoms with Crippen LogP contribution in [0.15, 0.2) is 30.3 Å². The van der Waals surface area contributed by atoms with E-state index in [-0.39, 0.29) is 0 Å². The molecule has 0 aliphatic carbocycles. The van der Waals surface area contributed by atoms with Gasteiger partial charge in [-0.3, -0.25) is 0 Å². The van der Waals surface area contributed by atoms with Crippen LogP contribution in [-0.2, 0) is 0 Å². The summed E-state index contributed by atoms with van der Waals surface area (Å²) in [5.74, 6) is 1.34. The molecule has 2 aromatic rings. The highest BCUT2D eigenvalue weighted by Crippen LogP contribution is 2.38. The molecule has 0 unspecified atom stereocenters. The van der Waals surface area contributed by atoms with Crippen LogP contribution < -0.4 is 20.5 Å². The van der Waals surface area contributed by atoms with Crippen molar-refractivity contribution in [1.29, 1.82) is 0 Å². The Kier molecular flexibility index (Phi) is 4.47. The van der Waals surface area contributed by atoms with E-state index < -0.39 is 0 Å². The number of hydrogen-bond donors (Lipinski definition) is 2. The Morgan fingerprint density at radius 3 is 2.20 bits per heavy atom. The van der Waals surface area contributed by atoms with Crippen LogP contribution in [0, 0.1) is 0 Å². The predicted octanol–water partition coefficient (Wildman–Crippen LogP) is 4.34. The van der Waals surface area contributed by atoms with E-state index in [0.29, 0.717) is 38.6 Å². The molecule has 0 atom stereocenters. The fourth-order valence-corrected chi connectivity index (χ4v) is 2.36. The maximum atomic E-state index is 6.15. The van der Waals surface area contributed by atoms with Gasteiger partial charge in [0.25, 0.3) is 0 Å². The van der Waals surface area contributed by atoms with E-state index in [2.05, 4.69) is 5.32 Å². The minimum absolute atomic E-state index is 0.430. The molecule has 0 bridgehead atoms. The highest BCUT2D eigenvalue weighted by atomic mass is 35.5. The van der Waals surface area contributed by atoms with Crippen LogP contribution >= 0.6 is 23.2 Å². The molecule has 20 heavy (non-hydrogen) atoms. The van der Waals surface area contributed by atoms with Gasteiger partial charge in [0.2, 0.25) is 0 Å². The van der Waals surface area contributed by atoms with E-state index in [1.165, 1.54) is 0 Å². The summed E-state index contributed by atoms with van der Waals surface area (Å²) in [6.45, 7) is 0. The lowest BCUT2D eigenvalue weighted by Gasteiger charge is -2.15. The van der Waals surface area contributed by atoms with Gasteiger partial charge in [-0.2, -0.15) is 0 Å². The molecule has 0 aliphatic heterocycles. The Morgan fingerprint density at radius 1 is 1.00 bits per heavy atom. The first-order chi connectivity index (χ1) is 9.55. The fraction of sp³-hybridized carbons (Fsp3) is 0.143. The largest absolute Gasteiger partial charge is 0.497 e. The van der Waals surface area contributed by atoms with Crippen molar-refractivity contribution in [1.82, 2.24) is 0 Å². The summed E-state index contributed by atoms with van der Waals surface area (Å²) in [6, 6.07) is 8.64. The Bertz CT molecular complexity index is 610. The van der Waals surface area contributed by atoms with Gasteiger partial charge in [0, 0.05) is 11.8 Å². The van der Waals surface area contributed by atoms with Crippen LogP contribution in [-0.4, -0.2) is 14.2 Å². The molecule has 2 aromatic carbocycles. The molecule has 2 rings (SSSR count). The molecule has 0 heterocycles. The molecule has 0 spiro atoms. The Hall–Kier alpha value is -1.78. The van der Waals surface area contributed by atoms with E-state index in [1.807, 2.05) is 0 Å². The lowest BCUT2D eigenvalue weighted by molar-refractivity contribution is 0.405. The fourth-order valence-electron chi connectivity index (χ4n) is 1.76. The number of nitrogens with one attached hydrogen (secondary N) is 1. The van der Waals surface area contributed by atoms with Gasteiger partial charge >= 0.3 is 0 Å². The minimum Gasteiger partial charge on any atom is -0.497 e. The zero-order valence-corrected chi connectivity index (χ0v) is 12.5. The summed E-state index contributed by atoms with van der Waals surface area (Å²) >= 11 is 12.3. The smallest absolute Gasteiger partial charge is 0.142 e. The SMILES string of the molecule is COc1ccc(OC)c(Nc2c(Cl)cc(N)cc2Cl)c1. The van der Waals surface area contributed by atoms with Crippen LogP contribution in [0.2, 0.25) is 10.0 Å². The first kappa shape index (κ1) is 14.6. The van der Waals surface area contributed by atoms with Crippen molar-refractivity contribution in [2.45, 2.75) is 0 Å². The summed E-state index contributed by atoms with van der Waals surface area (Å²) in [6.07, 6.45) is 0. The highest BCUT2D eigenvalue weighted by Gasteiger charge is 2.11. The van der Waals surface area contributed by atoms with Crippen molar-refractivity contribution in [2.75, 3.05) is 25.3 Å². The first-order valence-electron chi connectivity index (χ1n) is 5.78. The van der Waals surface area contributed by atoms with Crippen molar-refractivity contribution < 1.29 is 9.47 Å². The summed E-state index contributed by atoms with van der Waals surface area (Å²) < 4.78 is 10.5. The second-order valence-electron chi connectivity index (χ2n) is 4.05. The zero-order chi connectivity index (χ0) is 14.7. The normalized spacial score (nSPS) is 10.2. The molecule has 0 radical (unpaired) electrons. The zero-order valence-electron chi connectivity index (χ0n) is 11.0. The number of nitrogen functional groups attached to an aromatic ring is 1. The van der Waals surface area contributed by atoms with Crippen LogP contribution in [0.1, 0.15) is 0 Å². The lowest BCUT2D eigenvalue weighted by atomic mass is 10.2. The van der Waals surface area contributed by atoms with Crippen LogP contribution in [0.25, 0.3) is 0 Å². The standard InChI is InChI=1S/C14H14Cl2N2O2/c1-19-9-3-4-13(20-2)12(7-9)18-14-10(15)5-8(17)6-11(14)16/h3-7,18H,17H2,1-2H3. The van der Waals surface area contributed by atoms with E-state index in [0.717, 1.165) is 0 Å². The molecule has 0 aromatic heterocycles. The summed E-state index contributed by atoms with van der Waals surface area (Å²) in [4.78, 5) is 0. The van der Waals surface area contributed by atoms with Crippen molar-refractivity contribution >= 4 is 40.3 Å². The number of rotatable bonds is 4. The van der Waals surface area contributed by atoms with Gasteiger partial charge in [-0.05, 0) is 24.3 Å². The number of nitrogens with two attached hydrogens (primary N) is 1. The minimum atomic E-state index is 0.430. The number of methoxy groups -OCH3 is 2. The van der Waals surface area contributed by atoms with E-state index in [4.69, 9.17) is 38.4 Å². The van der Waals surface area contributed by atoms with Crippen molar-refractivity contribution in [2.24, 2.45) is 0 Å². The number of anilines is 3. The van der Waals surface area contributed by atoms with Crippen LogP contribution in [0.4, 0.5) is 17.1 Å². The van der Waals surface area contributed by atoms with Gasteiger partial charge in [-0.1, -0.05) is 23.2 Å². The third-order valence-electron chi connectivity index (χ3n) is 2.73. The van der Waals surface area contributed by atoms with Gasteiger partial charge in [0.05, 0.1) is 35.6 Å². The quantitative estimate of drug-likeness (QED) is 0.825. The second-order valence-corrected chi connectivity index (χ2v) is 4.87. The van der Waals surface area contributed by atoms with Gasteiger partial charge in [-0.25, -0.2) is 0 Å². The molecule has 0 fully saturated rings. The molecule has 0 amide bonds. The number of hydrogen-bond acceptors (Lipinski definition) is 4. The third-order valence-corrected chi connectivity index (χ3v) is 3.33. The molecule has 0 aliphatic rings. The van der Waals surface area contributed by atoms with E-state index in [9.17, 15) is 0 Å². The average Bonchev–Trinajstić information content (AvgIpc) is 2.42. The third kappa shape index (κ3) is 3.03. The number of benzene rings is 2. The summed E-state index contributed by atoms with van der Waals surface area (Å²) in [5.41, 5.74) is 7.44. The van der Waals surface area contributed by atoms with Gasteiger partial charge < -0.3 is 20.5 Å². The molecule has 4 nitrogen and oxygen atoms in total. The van der Waals surface area contributed by atoms with Crippen molar-refractivity contribution in [3.05, 3.63) is 40.4 Å². The molecule has 0 saturated carbocycles. The maximum Gasteiger partial charge on any atom is 0.142 e. The predicted molar refractivity (Wildman–Crippen MR) is 83.7 cm³/mol. The van der Waals surface area contributed by atoms with Crippen molar-refractivity contribution in [3.63, 3.8) is 0 Å².